The van der Waals surface area contributed by atoms with Crippen LogP contribution in [0, 0.1) is 5.82 Å². The van der Waals surface area contributed by atoms with Crippen molar-refractivity contribution in [2.24, 2.45) is 0 Å². The summed E-state index contributed by atoms with van der Waals surface area (Å²) in [4.78, 5) is 11.6. The summed E-state index contributed by atoms with van der Waals surface area (Å²) < 4.78 is 13.7. The van der Waals surface area contributed by atoms with Crippen molar-refractivity contribution in [2.45, 2.75) is 32.9 Å². The summed E-state index contributed by atoms with van der Waals surface area (Å²) in [6.45, 7) is 6.23. The van der Waals surface area contributed by atoms with Gasteiger partial charge in [0.05, 0.1) is 6.04 Å². The van der Waals surface area contributed by atoms with Gasteiger partial charge in [-0.2, -0.15) is 0 Å². The second kappa shape index (κ2) is 6.85. The topological polar surface area (TPSA) is 41.1 Å². The van der Waals surface area contributed by atoms with Gasteiger partial charge in [0, 0.05) is 17.1 Å². The van der Waals surface area contributed by atoms with Gasteiger partial charge in [-0.15, -0.1) is 0 Å². The number of benzene rings is 1. The first-order chi connectivity index (χ1) is 8.45. The predicted molar refractivity (Wildman–Crippen MR) is 73.8 cm³/mol. The van der Waals surface area contributed by atoms with Crippen LogP contribution < -0.4 is 10.6 Å². The zero-order valence-corrected chi connectivity index (χ0v) is 12.3. The second-order valence-electron chi connectivity index (χ2n) is 4.17. The number of carbonyl (C=O) groups excluding carboxylic acids is 1. The van der Waals surface area contributed by atoms with E-state index in [1.165, 1.54) is 12.1 Å². The van der Waals surface area contributed by atoms with Crippen LogP contribution in [0.3, 0.4) is 0 Å². The Labute approximate surface area is 115 Å². The molecule has 0 radical (unpaired) electrons. The molecule has 0 heterocycles. The molecule has 0 aliphatic heterocycles. The summed E-state index contributed by atoms with van der Waals surface area (Å²) in [7, 11) is 0. The van der Waals surface area contributed by atoms with Gasteiger partial charge in [0.2, 0.25) is 5.91 Å². The highest BCUT2D eigenvalue weighted by atomic mass is 79.9. The molecular weight excluding hydrogens is 299 g/mol. The van der Waals surface area contributed by atoms with Crippen molar-refractivity contribution in [3.8, 4) is 0 Å². The van der Waals surface area contributed by atoms with Crippen LogP contribution in [0.1, 0.15) is 32.4 Å². The number of hydrogen-bond acceptors (Lipinski definition) is 2. The average molecular weight is 317 g/mol. The van der Waals surface area contributed by atoms with Crippen LogP contribution in [0.25, 0.3) is 0 Å². The summed E-state index contributed by atoms with van der Waals surface area (Å²) in [5.41, 5.74) is 0.924. The highest BCUT2D eigenvalue weighted by molar-refractivity contribution is 9.10. The summed E-state index contributed by atoms with van der Waals surface area (Å²) in [5, 5.41) is 5.93. The lowest BCUT2D eigenvalue weighted by molar-refractivity contribution is -0.122. The molecule has 2 N–H and O–H groups in total. The van der Waals surface area contributed by atoms with Crippen LogP contribution in [0.4, 0.5) is 4.39 Å². The fourth-order valence-corrected chi connectivity index (χ4v) is 2.41. The van der Waals surface area contributed by atoms with E-state index >= 15 is 0 Å². The predicted octanol–water partition coefficient (Wildman–Crippen LogP) is 2.76. The molecule has 100 valence electrons. The smallest absolute Gasteiger partial charge is 0.236 e. The van der Waals surface area contributed by atoms with Gasteiger partial charge in [0.25, 0.3) is 0 Å². The standard InChI is InChI=1S/C13H18BrFN2O/c1-4-16-13(18)9(3)17-8(2)11-6-5-10(15)7-12(11)14/h5-9,17H,4H2,1-3H3,(H,16,18). The molecule has 0 saturated carbocycles. The molecule has 0 bridgehead atoms. The first-order valence-electron chi connectivity index (χ1n) is 5.94. The van der Waals surface area contributed by atoms with E-state index in [1.807, 2.05) is 13.8 Å². The van der Waals surface area contributed by atoms with E-state index in [0.29, 0.717) is 11.0 Å². The van der Waals surface area contributed by atoms with E-state index < -0.39 is 0 Å². The van der Waals surface area contributed by atoms with Crippen molar-refractivity contribution in [3.05, 3.63) is 34.1 Å². The Kier molecular flexibility index (Phi) is 5.75. The third kappa shape index (κ3) is 4.07. The highest BCUT2D eigenvalue weighted by Gasteiger charge is 2.17. The Morgan fingerprint density at radius 1 is 1.44 bits per heavy atom. The van der Waals surface area contributed by atoms with Crippen molar-refractivity contribution >= 4 is 21.8 Å². The number of halogens is 2. The summed E-state index contributed by atoms with van der Waals surface area (Å²) >= 11 is 3.32. The molecule has 0 aliphatic rings. The van der Waals surface area contributed by atoms with Crippen LogP contribution in [0.15, 0.2) is 22.7 Å². The molecule has 0 fully saturated rings. The number of carbonyl (C=O) groups is 1. The first kappa shape index (κ1) is 15.1. The van der Waals surface area contributed by atoms with Crippen molar-refractivity contribution in [2.75, 3.05) is 6.54 Å². The summed E-state index contributed by atoms with van der Waals surface area (Å²) in [5.74, 6) is -0.322. The number of likely N-dealkylation sites (N-methyl/N-ethyl adjacent to an activating group) is 1. The van der Waals surface area contributed by atoms with E-state index in [1.54, 1.807) is 13.0 Å². The molecule has 2 unspecified atom stereocenters. The van der Waals surface area contributed by atoms with Crippen LogP contribution >= 0.6 is 15.9 Å². The lowest BCUT2D eigenvalue weighted by Gasteiger charge is -2.20. The summed E-state index contributed by atoms with van der Waals surface area (Å²) in [6.07, 6.45) is 0. The Hall–Kier alpha value is -0.940. The highest BCUT2D eigenvalue weighted by Crippen LogP contribution is 2.24. The molecule has 5 heteroatoms. The molecule has 18 heavy (non-hydrogen) atoms. The monoisotopic (exact) mass is 316 g/mol. The van der Waals surface area contributed by atoms with Gasteiger partial charge in [0.15, 0.2) is 0 Å². The largest absolute Gasteiger partial charge is 0.355 e. The second-order valence-corrected chi connectivity index (χ2v) is 5.02. The Bertz CT molecular complexity index is 425. The maximum atomic E-state index is 13.0. The normalized spacial score (nSPS) is 14.1. The SMILES string of the molecule is CCNC(=O)C(C)NC(C)c1ccc(F)cc1Br. The van der Waals surface area contributed by atoms with Crippen molar-refractivity contribution in [1.29, 1.82) is 0 Å². The lowest BCUT2D eigenvalue weighted by atomic mass is 10.1. The molecular formula is C13H18BrFN2O. The maximum Gasteiger partial charge on any atom is 0.236 e. The quantitative estimate of drug-likeness (QED) is 0.877. The van der Waals surface area contributed by atoms with Crippen LogP contribution in [-0.4, -0.2) is 18.5 Å². The molecule has 1 rings (SSSR count). The zero-order chi connectivity index (χ0) is 13.7. The number of hydrogen-bond donors (Lipinski definition) is 2. The maximum absolute atomic E-state index is 13.0. The Morgan fingerprint density at radius 2 is 2.11 bits per heavy atom. The molecule has 1 amide bonds. The third-order valence-electron chi connectivity index (χ3n) is 2.67. The van der Waals surface area contributed by atoms with Gasteiger partial charge < -0.3 is 5.32 Å². The van der Waals surface area contributed by atoms with Gasteiger partial charge in [-0.3, -0.25) is 10.1 Å². The minimum absolute atomic E-state index is 0.0393. The summed E-state index contributed by atoms with van der Waals surface area (Å²) in [6, 6.07) is 4.20. The van der Waals surface area contributed by atoms with E-state index in [2.05, 4.69) is 26.6 Å². The lowest BCUT2D eigenvalue weighted by Crippen LogP contribution is -2.43. The number of rotatable bonds is 5. The molecule has 0 saturated heterocycles. The molecule has 3 nitrogen and oxygen atoms in total. The minimum atomic E-state index is -0.295. The van der Waals surface area contributed by atoms with E-state index in [4.69, 9.17) is 0 Å². The van der Waals surface area contributed by atoms with Crippen LogP contribution in [0.5, 0.6) is 0 Å². The van der Waals surface area contributed by atoms with E-state index in [9.17, 15) is 9.18 Å². The van der Waals surface area contributed by atoms with Gasteiger partial charge in [-0.05, 0) is 38.5 Å². The molecule has 0 spiro atoms. The molecule has 1 aromatic rings. The van der Waals surface area contributed by atoms with Crippen LogP contribution in [0.2, 0.25) is 0 Å². The Balaban J connectivity index is 2.70. The van der Waals surface area contributed by atoms with Gasteiger partial charge in [-0.1, -0.05) is 22.0 Å². The van der Waals surface area contributed by atoms with Gasteiger partial charge in [0.1, 0.15) is 5.82 Å². The molecule has 2 atom stereocenters. The molecule has 1 aromatic carbocycles. The Morgan fingerprint density at radius 3 is 2.67 bits per heavy atom. The fraction of sp³-hybridized carbons (Fsp3) is 0.462. The molecule has 0 aromatic heterocycles. The van der Waals surface area contributed by atoms with Gasteiger partial charge in [-0.25, -0.2) is 4.39 Å². The zero-order valence-electron chi connectivity index (χ0n) is 10.8. The minimum Gasteiger partial charge on any atom is -0.355 e. The van der Waals surface area contributed by atoms with Crippen LogP contribution in [-0.2, 0) is 4.79 Å². The molecule has 0 aliphatic carbocycles. The van der Waals surface area contributed by atoms with Crippen molar-refractivity contribution in [3.63, 3.8) is 0 Å². The first-order valence-corrected chi connectivity index (χ1v) is 6.73. The van der Waals surface area contributed by atoms with Crippen molar-refractivity contribution < 1.29 is 9.18 Å². The van der Waals surface area contributed by atoms with E-state index in [0.717, 1.165) is 5.56 Å². The van der Waals surface area contributed by atoms with Gasteiger partial charge >= 0.3 is 0 Å². The number of nitrogens with one attached hydrogen (secondary N) is 2. The average Bonchev–Trinajstić information content (AvgIpc) is 2.28. The van der Waals surface area contributed by atoms with E-state index in [-0.39, 0.29) is 23.8 Å². The third-order valence-corrected chi connectivity index (χ3v) is 3.36. The fourth-order valence-electron chi connectivity index (χ4n) is 1.72. The van der Waals surface area contributed by atoms with Crippen molar-refractivity contribution in [1.82, 2.24) is 10.6 Å². The number of amides is 1.